The number of hydrogen-bond donors (Lipinski definition) is 1. The van der Waals surface area contributed by atoms with Crippen LogP contribution in [0.4, 0.5) is 5.13 Å². The van der Waals surface area contributed by atoms with Gasteiger partial charge in [-0.15, -0.1) is 0 Å². The molecule has 12 heavy (non-hydrogen) atoms. The lowest BCUT2D eigenvalue weighted by Crippen LogP contribution is -1.99. The number of nitrogens with one attached hydrogen (secondary N) is 1. The number of nitrogens with zero attached hydrogens (tertiary/aromatic N) is 2. The molecule has 1 saturated carbocycles. The summed E-state index contributed by atoms with van der Waals surface area (Å²) in [4.78, 5) is 4.50. The van der Waals surface area contributed by atoms with Crippen molar-refractivity contribution in [1.29, 1.82) is 5.26 Å². The van der Waals surface area contributed by atoms with Crippen molar-refractivity contribution in [2.45, 2.75) is 18.9 Å². The van der Waals surface area contributed by atoms with Crippen LogP contribution < -0.4 is 5.32 Å². The van der Waals surface area contributed by atoms with Crippen molar-refractivity contribution >= 4 is 28.1 Å². The monoisotopic (exact) mass is 199 g/mol. The molecule has 1 aromatic heterocycles. The Morgan fingerprint density at radius 1 is 1.67 bits per heavy atom. The molecular weight excluding hydrogens is 194 g/mol. The third kappa shape index (κ3) is 1.52. The fourth-order valence-corrected chi connectivity index (χ4v) is 1.86. The summed E-state index contributed by atoms with van der Waals surface area (Å²) in [6, 6.07) is 2.55. The highest BCUT2D eigenvalue weighted by Gasteiger charge is 2.22. The van der Waals surface area contributed by atoms with Gasteiger partial charge in [0.15, 0.2) is 10.3 Å². The highest BCUT2D eigenvalue weighted by molar-refractivity contribution is 7.16. The maximum absolute atomic E-state index is 8.59. The van der Waals surface area contributed by atoms with Crippen LogP contribution in [-0.2, 0) is 0 Å². The van der Waals surface area contributed by atoms with Crippen LogP contribution in [0.2, 0.25) is 5.15 Å². The second-order valence-corrected chi connectivity index (χ2v) is 4.03. The van der Waals surface area contributed by atoms with Gasteiger partial charge in [0.25, 0.3) is 0 Å². The molecule has 0 unspecified atom stereocenters. The molecule has 0 spiro atoms. The number of aromatic nitrogens is 1. The minimum absolute atomic E-state index is 0.311. The van der Waals surface area contributed by atoms with Crippen LogP contribution in [0.3, 0.4) is 0 Å². The normalized spacial score (nSPS) is 15.7. The molecule has 0 atom stereocenters. The van der Waals surface area contributed by atoms with Gasteiger partial charge in [0, 0.05) is 6.04 Å². The van der Waals surface area contributed by atoms with Gasteiger partial charge < -0.3 is 5.32 Å². The molecule has 1 fully saturated rings. The summed E-state index contributed by atoms with van der Waals surface area (Å²) in [5.41, 5.74) is 0. The molecule has 62 valence electrons. The Balaban J connectivity index is 2.16. The van der Waals surface area contributed by atoms with E-state index in [-0.39, 0.29) is 0 Å². The molecule has 0 bridgehead atoms. The van der Waals surface area contributed by atoms with E-state index >= 15 is 0 Å². The van der Waals surface area contributed by atoms with E-state index in [4.69, 9.17) is 16.9 Å². The van der Waals surface area contributed by atoms with Crippen molar-refractivity contribution in [3.63, 3.8) is 0 Å². The molecule has 0 aromatic carbocycles. The van der Waals surface area contributed by atoms with Gasteiger partial charge in [0.2, 0.25) is 0 Å². The van der Waals surface area contributed by atoms with E-state index in [0.29, 0.717) is 16.1 Å². The van der Waals surface area contributed by atoms with Crippen LogP contribution in [0, 0.1) is 11.3 Å². The number of nitriles is 1. The molecule has 3 nitrogen and oxygen atoms in total. The third-order valence-electron chi connectivity index (χ3n) is 1.59. The van der Waals surface area contributed by atoms with Crippen molar-refractivity contribution in [2.75, 3.05) is 5.32 Å². The Hall–Kier alpha value is -0.790. The minimum atomic E-state index is 0.311. The molecule has 0 radical (unpaired) electrons. The van der Waals surface area contributed by atoms with Gasteiger partial charge in [-0.25, -0.2) is 4.98 Å². The van der Waals surface area contributed by atoms with Gasteiger partial charge in [0.1, 0.15) is 10.9 Å². The Kier molecular flexibility index (Phi) is 1.91. The van der Waals surface area contributed by atoms with Crippen LogP contribution in [-0.4, -0.2) is 11.0 Å². The first-order valence-electron chi connectivity index (χ1n) is 3.62. The van der Waals surface area contributed by atoms with Crippen LogP contribution in [0.15, 0.2) is 0 Å². The summed E-state index contributed by atoms with van der Waals surface area (Å²) < 4.78 is 0. The first kappa shape index (κ1) is 7.84. The zero-order valence-electron chi connectivity index (χ0n) is 6.17. The van der Waals surface area contributed by atoms with E-state index in [1.165, 1.54) is 24.2 Å². The second kappa shape index (κ2) is 2.92. The first-order valence-corrected chi connectivity index (χ1v) is 4.82. The topological polar surface area (TPSA) is 48.7 Å². The Morgan fingerprint density at radius 3 is 2.92 bits per heavy atom. The number of halogens is 1. The molecule has 1 aromatic rings. The smallest absolute Gasteiger partial charge is 0.185 e. The number of hydrogen-bond acceptors (Lipinski definition) is 4. The predicted molar refractivity (Wildman–Crippen MR) is 48.5 cm³/mol. The largest absolute Gasteiger partial charge is 0.359 e. The quantitative estimate of drug-likeness (QED) is 0.795. The summed E-state index contributed by atoms with van der Waals surface area (Å²) in [7, 11) is 0. The Bertz CT molecular complexity index is 337. The van der Waals surface area contributed by atoms with Crippen molar-refractivity contribution in [1.82, 2.24) is 4.98 Å². The van der Waals surface area contributed by atoms with Gasteiger partial charge in [-0.2, -0.15) is 5.26 Å². The summed E-state index contributed by atoms with van der Waals surface area (Å²) >= 11 is 7.00. The van der Waals surface area contributed by atoms with Gasteiger partial charge >= 0.3 is 0 Å². The molecule has 1 N–H and O–H groups in total. The molecular formula is C7H6ClN3S. The van der Waals surface area contributed by atoms with Gasteiger partial charge in [-0.1, -0.05) is 22.9 Å². The van der Waals surface area contributed by atoms with Crippen molar-refractivity contribution in [3.8, 4) is 6.07 Å². The lowest BCUT2D eigenvalue weighted by Gasteiger charge is -1.94. The SMILES string of the molecule is N#Cc1sc(NC2CC2)nc1Cl. The average molecular weight is 200 g/mol. The van der Waals surface area contributed by atoms with E-state index in [1.807, 2.05) is 6.07 Å². The fraction of sp³-hybridized carbons (Fsp3) is 0.429. The zero-order valence-corrected chi connectivity index (χ0v) is 7.74. The van der Waals surface area contributed by atoms with E-state index < -0.39 is 0 Å². The molecule has 0 saturated heterocycles. The van der Waals surface area contributed by atoms with Gasteiger partial charge in [-0.3, -0.25) is 0 Å². The van der Waals surface area contributed by atoms with E-state index in [2.05, 4.69) is 10.3 Å². The summed E-state index contributed by atoms with van der Waals surface area (Å²) in [6.45, 7) is 0. The molecule has 0 amide bonds. The van der Waals surface area contributed by atoms with E-state index in [9.17, 15) is 0 Å². The number of rotatable bonds is 2. The Morgan fingerprint density at radius 2 is 2.42 bits per heavy atom. The van der Waals surface area contributed by atoms with Crippen molar-refractivity contribution in [3.05, 3.63) is 10.0 Å². The van der Waals surface area contributed by atoms with Crippen LogP contribution in [0.1, 0.15) is 17.7 Å². The highest BCUT2D eigenvalue weighted by Crippen LogP contribution is 2.30. The summed E-state index contributed by atoms with van der Waals surface area (Å²) in [5.74, 6) is 0. The van der Waals surface area contributed by atoms with Crippen LogP contribution in [0.25, 0.3) is 0 Å². The van der Waals surface area contributed by atoms with Crippen LogP contribution in [0.5, 0.6) is 0 Å². The van der Waals surface area contributed by atoms with Crippen molar-refractivity contribution < 1.29 is 0 Å². The fourth-order valence-electron chi connectivity index (χ4n) is 0.835. The second-order valence-electron chi connectivity index (χ2n) is 2.67. The third-order valence-corrected chi connectivity index (χ3v) is 2.87. The van der Waals surface area contributed by atoms with E-state index in [0.717, 1.165) is 5.13 Å². The standard InChI is InChI=1S/C7H6ClN3S/c8-6-5(3-9)12-7(11-6)10-4-1-2-4/h4H,1-2H2,(H,10,11). The predicted octanol–water partition coefficient (Wildman–Crippen LogP) is 2.24. The maximum Gasteiger partial charge on any atom is 0.185 e. The van der Waals surface area contributed by atoms with Gasteiger partial charge in [-0.05, 0) is 12.8 Å². The zero-order chi connectivity index (χ0) is 8.55. The van der Waals surface area contributed by atoms with Crippen LogP contribution >= 0.6 is 22.9 Å². The average Bonchev–Trinajstić information content (AvgIpc) is 2.76. The maximum atomic E-state index is 8.59. The summed E-state index contributed by atoms with van der Waals surface area (Å²) in [5, 5.41) is 12.8. The van der Waals surface area contributed by atoms with Crippen molar-refractivity contribution in [2.24, 2.45) is 0 Å². The molecule has 1 heterocycles. The minimum Gasteiger partial charge on any atom is -0.359 e. The van der Waals surface area contributed by atoms with E-state index in [1.54, 1.807) is 0 Å². The lowest BCUT2D eigenvalue weighted by molar-refractivity contribution is 1.14. The molecule has 5 heteroatoms. The molecule has 1 aliphatic rings. The van der Waals surface area contributed by atoms with Gasteiger partial charge in [0.05, 0.1) is 0 Å². The lowest BCUT2D eigenvalue weighted by atomic mass is 10.6. The Labute approximate surface area is 79.0 Å². The number of anilines is 1. The highest BCUT2D eigenvalue weighted by atomic mass is 35.5. The molecule has 2 rings (SSSR count). The molecule has 0 aliphatic heterocycles. The molecule has 1 aliphatic carbocycles. The summed E-state index contributed by atoms with van der Waals surface area (Å²) in [6.07, 6.45) is 2.39. The first-order chi connectivity index (χ1) is 5.79. The number of thiazole rings is 1.